The minimum Gasteiger partial charge on any atom is -0.319 e. The number of alkyl halides is 2. The summed E-state index contributed by atoms with van der Waals surface area (Å²) < 4.78 is 71.2. The molecule has 0 bridgehead atoms. The number of aryl methyl sites for hydroxylation is 1. The molecule has 1 heterocycles. The molecule has 1 amide bonds. The van der Waals surface area contributed by atoms with E-state index in [0.29, 0.717) is 0 Å². The molecule has 0 unspecified atom stereocenters. The van der Waals surface area contributed by atoms with E-state index >= 15 is 0 Å². The molecule has 0 saturated heterocycles. The number of anilines is 1. The molecule has 0 fully saturated rings. The molecule has 3 aromatic rings. The van der Waals surface area contributed by atoms with Gasteiger partial charge in [-0.1, -0.05) is 18.2 Å². The normalized spacial score (nSPS) is 11.4. The third-order valence-corrected chi connectivity index (χ3v) is 4.36. The van der Waals surface area contributed by atoms with Crippen molar-refractivity contribution in [2.24, 2.45) is 7.05 Å². The number of nitrogens with zero attached hydrogens (tertiary/aromatic N) is 2. The van der Waals surface area contributed by atoms with Crippen molar-refractivity contribution in [2.45, 2.75) is 12.3 Å². The number of benzene rings is 2. The molecule has 0 aliphatic rings. The van der Waals surface area contributed by atoms with Crippen LogP contribution < -0.4 is 5.32 Å². The van der Waals surface area contributed by atoms with Gasteiger partial charge in [0, 0.05) is 19.0 Å². The molecule has 0 atom stereocenters. The van der Waals surface area contributed by atoms with E-state index in [4.69, 9.17) is 0 Å². The predicted molar refractivity (Wildman–Crippen MR) is 102 cm³/mol. The van der Waals surface area contributed by atoms with Crippen molar-refractivity contribution < 1.29 is 26.7 Å². The van der Waals surface area contributed by atoms with E-state index in [9.17, 15) is 26.7 Å². The summed E-state index contributed by atoms with van der Waals surface area (Å²) in [5, 5.41) is 5.88. The Kier molecular flexibility index (Phi) is 5.73. The largest absolute Gasteiger partial charge is 0.319 e. The minimum atomic E-state index is -3.23. The lowest BCUT2D eigenvalue weighted by Crippen LogP contribution is -2.16. The summed E-state index contributed by atoms with van der Waals surface area (Å²) in [6, 6.07) is 7.56. The minimum absolute atomic E-state index is 0.214. The maximum atomic E-state index is 14.5. The third kappa shape index (κ3) is 4.10. The van der Waals surface area contributed by atoms with Crippen molar-refractivity contribution in [1.82, 2.24) is 9.78 Å². The lowest BCUT2D eigenvalue weighted by Gasteiger charge is -2.10. The summed E-state index contributed by atoms with van der Waals surface area (Å²) in [4.78, 5) is 12.1. The smallest absolute Gasteiger partial charge is 0.294 e. The lowest BCUT2D eigenvalue weighted by atomic mass is 10.1. The van der Waals surface area contributed by atoms with Crippen LogP contribution in [0.2, 0.25) is 0 Å². The predicted octanol–water partition coefficient (Wildman–Crippen LogP) is 5.42. The number of hydrogen-bond donors (Lipinski definition) is 1. The van der Waals surface area contributed by atoms with Gasteiger partial charge < -0.3 is 5.32 Å². The highest BCUT2D eigenvalue weighted by molar-refractivity contribution is 6.04. The molecular formula is C21H16F5N3O. The number of hydrogen-bond acceptors (Lipinski definition) is 2. The molecule has 4 nitrogen and oxygen atoms in total. The van der Waals surface area contributed by atoms with Crippen molar-refractivity contribution >= 4 is 11.6 Å². The molecule has 9 heteroatoms. The van der Waals surface area contributed by atoms with Crippen LogP contribution in [0.1, 0.15) is 22.5 Å². The lowest BCUT2D eigenvalue weighted by molar-refractivity contribution is -0.00592. The average molecular weight is 421 g/mol. The van der Waals surface area contributed by atoms with Gasteiger partial charge in [0.25, 0.3) is 11.8 Å². The first-order valence-corrected chi connectivity index (χ1v) is 8.72. The van der Waals surface area contributed by atoms with Gasteiger partial charge >= 0.3 is 0 Å². The zero-order chi connectivity index (χ0) is 22.1. The van der Waals surface area contributed by atoms with Gasteiger partial charge in [0.2, 0.25) is 0 Å². The fourth-order valence-corrected chi connectivity index (χ4v) is 2.88. The number of halogens is 5. The fraction of sp³-hybridized carbons (Fsp3) is 0.143. The molecule has 2 aromatic carbocycles. The molecule has 0 radical (unpaired) electrons. The fourth-order valence-electron chi connectivity index (χ4n) is 2.88. The van der Waals surface area contributed by atoms with Gasteiger partial charge in [-0.3, -0.25) is 9.48 Å². The quantitative estimate of drug-likeness (QED) is 0.427. The zero-order valence-electron chi connectivity index (χ0n) is 15.7. The number of amides is 1. The maximum absolute atomic E-state index is 14.5. The molecule has 0 saturated carbocycles. The van der Waals surface area contributed by atoms with Crippen molar-refractivity contribution in [2.75, 3.05) is 5.32 Å². The van der Waals surface area contributed by atoms with Gasteiger partial charge in [-0.15, -0.1) is 6.58 Å². The van der Waals surface area contributed by atoms with E-state index in [0.717, 1.165) is 42.5 Å². The van der Waals surface area contributed by atoms with Crippen LogP contribution in [-0.4, -0.2) is 15.7 Å². The van der Waals surface area contributed by atoms with Crippen molar-refractivity contribution in [3.05, 3.63) is 83.8 Å². The number of carbonyl (C=O) groups excluding carboxylic acids is 1. The van der Waals surface area contributed by atoms with E-state index < -0.39 is 47.0 Å². The van der Waals surface area contributed by atoms with Gasteiger partial charge in [-0.25, -0.2) is 13.2 Å². The summed E-state index contributed by atoms with van der Waals surface area (Å²) in [6.45, 7) is 3.29. The van der Waals surface area contributed by atoms with Crippen LogP contribution in [0, 0.1) is 17.5 Å². The summed E-state index contributed by atoms with van der Waals surface area (Å²) in [5.41, 5.74) is -1.23. The maximum Gasteiger partial charge on any atom is 0.294 e. The second-order valence-electron chi connectivity index (χ2n) is 6.48. The van der Waals surface area contributed by atoms with Crippen LogP contribution in [-0.2, 0) is 13.0 Å². The van der Waals surface area contributed by atoms with Crippen molar-refractivity contribution in [3.63, 3.8) is 0 Å². The van der Waals surface area contributed by atoms with Crippen molar-refractivity contribution in [3.8, 4) is 11.3 Å². The van der Waals surface area contributed by atoms with Crippen molar-refractivity contribution in [1.29, 1.82) is 0 Å². The first-order valence-electron chi connectivity index (χ1n) is 8.72. The van der Waals surface area contributed by atoms with Gasteiger partial charge in [0.05, 0.1) is 11.4 Å². The SMILES string of the molecule is C=CCC(F)(F)c1cc(-c2ccc(NC(=O)c3c(F)cccc3F)c(F)c2)n(C)n1. The Morgan fingerprint density at radius 3 is 2.40 bits per heavy atom. The molecule has 3 rings (SSSR count). The number of nitrogens with one attached hydrogen (secondary N) is 1. The molecule has 1 aromatic heterocycles. The number of allylic oxidation sites excluding steroid dienone is 1. The third-order valence-electron chi connectivity index (χ3n) is 4.36. The Labute approximate surface area is 168 Å². The second-order valence-corrected chi connectivity index (χ2v) is 6.48. The molecular weight excluding hydrogens is 405 g/mol. The van der Waals surface area contributed by atoms with Crippen LogP contribution in [0.5, 0.6) is 0 Å². The molecule has 1 N–H and O–H groups in total. The summed E-state index contributed by atoms with van der Waals surface area (Å²) in [6.07, 6.45) is 0.472. The molecule has 156 valence electrons. The number of carbonyl (C=O) groups is 1. The van der Waals surface area contributed by atoms with E-state index in [2.05, 4.69) is 17.0 Å². The van der Waals surface area contributed by atoms with Crippen LogP contribution in [0.4, 0.5) is 27.6 Å². The highest BCUT2D eigenvalue weighted by atomic mass is 19.3. The first-order chi connectivity index (χ1) is 14.1. The van der Waals surface area contributed by atoms with E-state index in [1.54, 1.807) is 0 Å². The monoisotopic (exact) mass is 421 g/mol. The van der Waals surface area contributed by atoms with Crippen LogP contribution >= 0.6 is 0 Å². The molecule has 0 aliphatic carbocycles. The van der Waals surface area contributed by atoms with E-state index in [1.807, 2.05) is 0 Å². The zero-order valence-corrected chi connectivity index (χ0v) is 15.7. The number of rotatable bonds is 6. The summed E-state index contributed by atoms with van der Waals surface area (Å²) in [5.74, 6) is -7.49. The molecule has 0 aliphatic heterocycles. The van der Waals surface area contributed by atoms with Crippen LogP contribution in [0.15, 0.2) is 55.1 Å². The Bertz CT molecular complexity index is 1100. The highest BCUT2D eigenvalue weighted by Gasteiger charge is 2.33. The Morgan fingerprint density at radius 2 is 1.80 bits per heavy atom. The Hall–Kier alpha value is -3.49. The summed E-state index contributed by atoms with van der Waals surface area (Å²) in [7, 11) is 1.43. The van der Waals surface area contributed by atoms with Gasteiger partial charge in [-0.2, -0.15) is 13.9 Å². The van der Waals surface area contributed by atoms with E-state index in [-0.39, 0.29) is 16.9 Å². The highest BCUT2D eigenvalue weighted by Crippen LogP contribution is 2.34. The standard InChI is InChI=1S/C21H16F5N3O/c1-3-9-21(25,26)18-11-17(29(2)28-18)12-7-8-16(15(24)10-12)27-20(30)19-13(22)5-4-6-14(19)23/h3-8,10-11H,1,9H2,2H3,(H,27,30). The Balaban J connectivity index is 1.89. The Morgan fingerprint density at radius 1 is 1.13 bits per heavy atom. The topological polar surface area (TPSA) is 46.9 Å². The first kappa shape index (κ1) is 21.2. The summed E-state index contributed by atoms with van der Waals surface area (Å²) >= 11 is 0. The van der Waals surface area contributed by atoms with Gasteiger partial charge in [0.1, 0.15) is 28.7 Å². The molecule has 30 heavy (non-hydrogen) atoms. The van der Waals surface area contributed by atoms with Gasteiger partial charge in [0.15, 0.2) is 0 Å². The second kappa shape index (κ2) is 8.10. The number of aromatic nitrogens is 2. The van der Waals surface area contributed by atoms with Gasteiger partial charge in [-0.05, 0) is 30.3 Å². The average Bonchev–Trinajstić information content (AvgIpc) is 3.06. The van der Waals surface area contributed by atoms with E-state index in [1.165, 1.54) is 17.8 Å². The molecule has 0 spiro atoms. The van der Waals surface area contributed by atoms with Crippen LogP contribution in [0.25, 0.3) is 11.3 Å². The van der Waals surface area contributed by atoms with Crippen LogP contribution in [0.3, 0.4) is 0 Å².